The number of pyridine rings is 1. The molecule has 2 aromatic rings. The van der Waals surface area contributed by atoms with Gasteiger partial charge in [-0.1, -0.05) is 18.2 Å². The minimum atomic E-state index is -0.290. The van der Waals surface area contributed by atoms with Crippen molar-refractivity contribution in [3.63, 3.8) is 0 Å². The number of nitrogens with one attached hydrogen (secondary N) is 2. The number of para-hydroxylation sites is 1. The van der Waals surface area contributed by atoms with Gasteiger partial charge in [0.25, 0.3) is 5.91 Å². The molecule has 23 heavy (non-hydrogen) atoms. The lowest BCUT2D eigenvalue weighted by molar-refractivity contribution is 0.0396. The zero-order chi connectivity index (χ0) is 16.2. The van der Waals surface area contributed by atoms with Gasteiger partial charge in [0, 0.05) is 25.0 Å². The number of urea groups is 1. The summed E-state index contributed by atoms with van der Waals surface area (Å²) in [4.78, 5) is 30.4. The first kappa shape index (κ1) is 14.0. The molecule has 2 aliphatic rings. The van der Waals surface area contributed by atoms with Gasteiger partial charge in [-0.25, -0.2) is 4.79 Å². The van der Waals surface area contributed by atoms with E-state index in [0.717, 1.165) is 22.2 Å². The summed E-state index contributed by atoms with van der Waals surface area (Å²) in [6.07, 6.45) is 0. The second kappa shape index (κ2) is 4.68. The number of carbonyl (C=O) groups is 2. The lowest BCUT2D eigenvalue weighted by atomic mass is 9.90. The van der Waals surface area contributed by atoms with Crippen molar-refractivity contribution in [2.24, 2.45) is 0 Å². The van der Waals surface area contributed by atoms with E-state index >= 15 is 0 Å². The molecule has 1 aromatic heterocycles. The van der Waals surface area contributed by atoms with E-state index in [4.69, 9.17) is 0 Å². The maximum Gasteiger partial charge on any atom is 0.315 e. The Morgan fingerprint density at radius 3 is 2.78 bits per heavy atom. The topological polar surface area (TPSA) is 74.3 Å². The van der Waals surface area contributed by atoms with Crippen molar-refractivity contribution in [2.45, 2.75) is 19.4 Å². The zero-order valence-electron chi connectivity index (χ0n) is 13.1. The highest BCUT2D eigenvalue weighted by molar-refractivity contribution is 5.99. The highest BCUT2D eigenvalue weighted by Crippen LogP contribution is 2.27. The van der Waals surface area contributed by atoms with Crippen molar-refractivity contribution < 1.29 is 9.59 Å². The average molecular weight is 310 g/mol. The Hall–Kier alpha value is -2.63. The zero-order valence-corrected chi connectivity index (χ0v) is 13.1. The number of aryl methyl sites for hydroxylation is 2. The molecule has 6 heteroatoms. The number of hydrogen-bond acceptors (Lipinski definition) is 3. The number of carbonyl (C=O) groups excluding carboxylic acids is 2. The number of rotatable bonds is 1. The van der Waals surface area contributed by atoms with Crippen LogP contribution in [0.15, 0.2) is 24.3 Å². The summed E-state index contributed by atoms with van der Waals surface area (Å²) < 4.78 is 0. The van der Waals surface area contributed by atoms with Crippen LogP contribution in [0.25, 0.3) is 10.9 Å². The number of fused-ring (bicyclic) bond motifs is 1. The van der Waals surface area contributed by atoms with Crippen molar-refractivity contribution in [3.8, 4) is 0 Å². The van der Waals surface area contributed by atoms with Crippen LogP contribution in [0, 0.1) is 13.8 Å². The highest BCUT2D eigenvalue weighted by Gasteiger charge is 2.49. The first-order chi connectivity index (χ1) is 11.0. The van der Waals surface area contributed by atoms with Gasteiger partial charge in [0.15, 0.2) is 0 Å². The molecule has 0 atom stereocenters. The molecule has 0 bridgehead atoms. The highest BCUT2D eigenvalue weighted by atomic mass is 16.2. The standard InChI is InChI=1S/C17H18N4O2/c1-10-4-3-5-12-6-13(11(2)19-14(10)12)15(22)21-8-17(9-21)7-18-16(23)20-17/h3-6H,7-9H2,1-2H3,(H2,18,20,23). The smallest absolute Gasteiger partial charge is 0.315 e. The Kier molecular flexibility index (Phi) is 2.85. The maximum atomic E-state index is 12.8. The molecule has 3 heterocycles. The summed E-state index contributed by atoms with van der Waals surface area (Å²) >= 11 is 0. The van der Waals surface area contributed by atoms with E-state index in [1.165, 1.54) is 0 Å². The first-order valence-electron chi connectivity index (χ1n) is 7.70. The fourth-order valence-electron chi connectivity index (χ4n) is 3.42. The number of likely N-dealkylation sites (tertiary alicyclic amines) is 1. The number of hydrogen-bond donors (Lipinski definition) is 2. The molecule has 4 rings (SSSR count). The van der Waals surface area contributed by atoms with Crippen LogP contribution in [-0.4, -0.2) is 47.0 Å². The third-order valence-corrected chi connectivity index (χ3v) is 4.71. The van der Waals surface area contributed by atoms with E-state index in [9.17, 15) is 9.59 Å². The number of aromatic nitrogens is 1. The van der Waals surface area contributed by atoms with Gasteiger partial charge in [0.1, 0.15) is 0 Å². The lowest BCUT2D eigenvalue weighted by Crippen LogP contribution is -2.70. The summed E-state index contributed by atoms with van der Waals surface area (Å²) in [5.41, 5.74) is 3.13. The largest absolute Gasteiger partial charge is 0.336 e. The monoisotopic (exact) mass is 310 g/mol. The maximum absolute atomic E-state index is 12.8. The van der Waals surface area contributed by atoms with Gasteiger partial charge in [-0.15, -0.1) is 0 Å². The van der Waals surface area contributed by atoms with Crippen molar-refractivity contribution in [1.29, 1.82) is 0 Å². The predicted molar refractivity (Wildman–Crippen MR) is 86.4 cm³/mol. The van der Waals surface area contributed by atoms with Crippen molar-refractivity contribution in [2.75, 3.05) is 19.6 Å². The van der Waals surface area contributed by atoms with E-state index in [1.54, 1.807) is 4.90 Å². The normalized spacial score (nSPS) is 18.7. The number of amides is 3. The molecule has 118 valence electrons. The molecule has 2 N–H and O–H groups in total. The second-order valence-electron chi connectivity index (χ2n) is 6.52. The Bertz CT molecular complexity index is 840. The van der Waals surface area contributed by atoms with Crippen LogP contribution in [-0.2, 0) is 0 Å². The van der Waals surface area contributed by atoms with Gasteiger partial charge in [-0.3, -0.25) is 9.78 Å². The molecule has 1 aromatic carbocycles. The quantitative estimate of drug-likeness (QED) is 0.835. The summed E-state index contributed by atoms with van der Waals surface area (Å²) in [7, 11) is 0. The third-order valence-electron chi connectivity index (χ3n) is 4.71. The van der Waals surface area contributed by atoms with Crippen LogP contribution in [0.1, 0.15) is 21.6 Å². The van der Waals surface area contributed by atoms with Crippen LogP contribution in [0.5, 0.6) is 0 Å². The van der Waals surface area contributed by atoms with Crippen LogP contribution >= 0.6 is 0 Å². The molecule has 2 saturated heterocycles. The van der Waals surface area contributed by atoms with Crippen molar-refractivity contribution in [3.05, 3.63) is 41.1 Å². The van der Waals surface area contributed by atoms with Gasteiger partial charge in [0.05, 0.1) is 22.3 Å². The Labute approximate surface area is 133 Å². The molecule has 0 saturated carbocycles. The van der Waals surface area contributed by atoms with Crippen LogP contribution < -0.4 is 10.6 Å². The molecule has 0 radical (unpaired) electrons. The van der Waals surface area contributed by atoms with Crippen LogP contribution in [0.4, 0.5) is 4.79 Å². The van der Waals surface area contributed by atoms with E-state index in [1.807, 2.05) is 38.1 Å². The molecule has 6 nitrogen and oxygen atoms in total. The number of benzene rings is 1. The molecular formula is C17H18N4O2. The molecule has 2 aliphatic heterocycles. The molecule has 0 aliphatic carbocycles. The van der Waals surface area contributed by atoms with Gasteiger partial charge >= 0.3 is 6.03 Å². The van der Waals surface area contributed by atoms with Gasteiger partial charge < -0.3 is 15.5 Å². The van der Waals surface area contributed by atoms with E-state index in [-0.39, 0.29) is 17.5 Å². The van der Waals surface area contributed by atoms with Gasteiger partial charge in [-0.05, 0) is 25.5 Å². The molecule has 1 spiro atoms. The van der Waals surface area contributed by atoms with E-state index < -0.39 is 0 Å². The fourth-order valence-corrected chi connectivity index (χ4v) is 3.42. The van der Waals surface area contributed by atoms with Gasteiger partial charge in [-0.2, -0.15) is 0 Å². The Morgan fingerprint density at radius 1 is 1.30 bits per heavy atom. The SMILES string of the molecule is Cc1nc2c(C)cccc2cc1C(=O)N1CC2(CNC(=O)N2)C1. The Morgan fingerprint density at radius 2 is 2.09 bits per heavy atom. The summed E-state index contributed by atoms with van der Waals surface area (Å²) in [5.74, 6) is -0.0230. The van der Waals surface area contributed by atoms with E-state index in [2.05, 4.69) is 15.6 Å². The number of nitrogens with zero attached hydrogens (tertiary/aromatic N) is 2. The lowest BCUT2D eigenvalue weighted by Gasteiger charge is -2.46. The average Bonchev–Trinajstić information content (AvgIpc) is 2.88. The summed E-state index contributed by atoms with van der Waals surface area (Å²) in [5, 5.41) is 6.63. The third kappa shape index (κ3) is 2.13. The summed E-state index contributed by atoms with van der Waals surface area (Å²) in [6.45, 7) is 5.54. The molecular weight excluding hydrogens is 292 g/mol. The molecule has 3 amide bonds. The predicted octanol–water partition coefficient (Wildman–Crippen LogP) is 1.36. The minimum absolute atomic E-state index is 0.0230. The van der Waals surface area contributed by atoms with Crippen LogP contribution in [0.2, 0.25) is 0 Å². The fraction of sp³-hybridized carbons (Fsp3) is 0.353. The Balaban J connectivity index is 1.61. The first-order valence-corrected chi connectivity index (χ1v) is 7.70. The molecule has 0 unspecified atom stereocenters. The van der Waals surface area contributed by atoms with E-state index in [0.29, 0.717) is 25.2 Å². The minimum Gasteiger partial charge on any atom is -0.336 e. The van der Waals surface area contributed by atoms with Crippen molar-refractivity contribution in [1.82, 2.24) is 20.5 Å². The van der Waals surface area contributed by atoms with Crippen molar-refractivity contribution >= 4 is 22.8 Å². The molecule has 2 fully saturated rings. The van der Waals surface area contributed by atoms with Gasteiger partial charge in [0.2, 0.25) is 0 Å². The second-order valence-corrected chi connectivity index (χ2v) is 6.52. The van der Waals surface area contributed by atoms with Crippen LogP contribution in [0.3, 0.4) is 0 Å². The summed E-state index contributed by atoms with van der Waals surface area (Å²) in [6, 6.07) is 7.73.